The monoisotopic (exact) mass is 235 g/mol. The molecule has 0 N–H and O–H groups in total. The van der Waals surface area contributed by atoms with E-state index in [1.165, 1.54) is 7.11 Å². The number of hydrogen-bond donors (Lipinski definition) is 0. The molecular formula is C13H17NO3. The van der Waals surface area contributed by atoms with E-state index in [1.54, 1.807) is 21.1 Å². The van der Waals surface area contributed by atoms with Crippen molar-refractivity contribution in [1.82, 2.24) is 0 Å². The van der Waals surface area contributed by atoms with Gasteiger partial charge in [0.2, 0.25) is 0 Å². The Morgan fingerprint density at radius 3 is 2.29 bits per heavy atom. The number of rotatable bonds is 5. The van der Waals surface area contributed by atoms with E-state index in [-0.39, 0.29) is 0 Å². The average Bonchev–Trinajstić information content (AvgIpc) is 2.38. The zero-order valence-corrected chi connectivity index (χ0v) is 10.6. The molecule has 17 heavy (non-hydrogen) atoms. The Morgan fingerprint density at radius 2 is 1.82 bits per heavy atom. The molecule has 4 nitrogen and oxygen atoms in total. The van der Waals surface area contributed by atoms with Gasteiger partial charge in [0.1, 0.15) is 0 Å². The summed E-state index contributed by atoms with van der Waals surface area (Å²) in [5, 5.41) is 9.04. The van der Waals surface area contributed by atoms with E-state index >= 15 is 0 Å². The Bertz CT molecular complexity index is 425. The fraction of sp³-hybridized carbons (Fsp3) is 0.462. The Labute approximate surface area is 102 Å². The largest absolute Gasteiger partial charge is 0.493 e. The van der Waals surface area contributed by atoms with Gasteiger partial charge in [0, 0.05) is 13.5 Å². The van der Waals surface area contributed by atoms with Crippen molar-refractivity contribution < 1.29 is 14.2 Å². The average molecular weight is 235 g/mol. The Hall–Kier alpha value is -1.73. The SMILES string of the molecule is COc1ccc(CC(C)(C#N)OC)cc1OC. The van der Waals surface area contributed by atoms with Gasteiger partial charge in [-0.3, -0.25) is 0 Å². The number of methoxy groups -OCH3 is 3. The van der Waals surface area contributed by atoms with Crippen molar-refractivity contribution in [2.24, 2.45) is 0 Å². The van der Waals surface area contributed by atoms with Crippen molar-refractivity contribution in [2.75, 3.05) is 21.3 Å². The van der Waals surface area contributed by atoms with Crippen molar-refractivity contribution >= 4 is 0 Å². The zero-order valence-electron chi connectivity index (χ0n) is 10.6. The summed E-state index contributed by atoms with van der Waals surface area (Å²) in [4.78, 5) is 0. The molecule has 1 aromatic rings. The first-order valence-corrected chi connectivity index (χ1v) is 5.26. The van der Waals surface area contributed by atoms with E-state index in [0.29, 0.717) is 17.9 Å². The molecule has 0 radical (unpaired) electrons. The predicted octanol–water partition coefficient (Wildman–Crippen LogP) is 2.17. The second-order valence-electron chi connectivity index (χ2n) is 3.91. The molecule has 0 fully saturated rings. The summed E-state index contributed by atoms with van der Waals surface area (Å²) in [7, 11) is 4.71. The van der Waals surface area contributed by atoms with Crippen LogP contribution in [0.25, 0.3) is 0 Å². The molecule has 1 unspecified atom stereocenters. The lowest BCUT2D eigenvalue weighted by molar-refractivity contribution is 0.0559. The standard InChI is InChI=1S/C13H17NO3/c1-13(9-14,17-4)8-10-5-6-11(15-2)12(7-10)16-3/h5-7H,8H2,1-4H3. The van der Waals surface area contributed by atoms with Crippen LogP contribution >= 0.6 is 0 Å². The van der Waals surface area contributed by atoms with Gasteiger partial charge in [-0.2, -0.15) is 5.26 Å². The van der Waals surface area contributed by atoms with Gasteiger partial charge in [-0.05, 0) is 24.6 Å². The molecule has 0 bridgehead atoms. The highest BCUT2D eigenvalue weighted by Gasteiger charge is 2.23. The van der Waals surface area contributed by atoms with Gasteiger partial charge in [-0.15, -0.1) is 0 Å². The van der Waals surface area contributed by atoms with Crippen LogP contribution in [0.1, 0.15) is 12.5 Å². The van der Waals surface area contributed by atoms with E-state index in [4.69, 9.17) is 19.5 Å². The molecule has 1 aromatic carbocycles. The third-order valence-electron chi connectivity index (χ3n) is 2.68. The fourth-order valence-corrected chi connectivity index (χ4v) is 1.54. The van der Waals surface area contributed by atoms with Crippen molar-refractivity contribution in [3.63, 3.8) is 0 Å². The molecule has 0 spiro atoms. The Morgan fingerprint density at radius 1 is 1.18 bits per heavy atom. The molecule has 0 saturated carbocycles. The molecule has 1 rings (SSSR count). The highest BCUT2D eigenvalue weighted by Crippen LogP contribution is 2.29. The predicted molar refractivity (Wildman–Crippen MR) is 64.3 cm³/mol. The van der Waals surface area contributed by atoms with Gasteiger partial charge >= 0.3 is 0 Å². The number of hydrogen-bond acceptors (Lipinski definition) is 4. The van der Waals surface area contributed by atoms with Gasteiger partial charge in [0.25, 0.3) is 0 Å². The first-order chi connectivity index (χ1) is 8.08. The fourth-order valence-electron chi connectivity index (χ4n) is 1.54. The maximum atomic E-state index is 9.04. The van der Waals surface area contributed by atoms with Crippen LogP contribution in [0.15, 0.2) is 18.2 Å². The Kier molecular flexibility index (Phi) is 4.36. The number of nitrogens with zero attached hydrogens (tertiary/aromatic N) is 1. The zero-order chi connectivity index (χ0) is 12.9. The number of ether oxygens (including phenoxy) is 3. The number of benzene rings is 1. The molecule has 4 heteroatoms. The summed E-state index contributed by atoms with van der Waals surface area (Å²) in [5.74, 6) is 1.33. The van der Waals surface area contributed by atoms with Crippen molar-refractivity contribution in [3.05, 3.63) is 23.8 Å². The minimum absolute atomic E-state index is 0.500. The van der Waals surface area contributed by atoms with E-state index in [0.717, 1.165) is 5.56 Å². The van der Waals surface area contributed by atoms with Gasteiger partial charge in [0.05, 0.1) is 20.3 Å². The van der Waals surface area contributed by atoms with Crippen LogP contribution in [0.2, 0.25) is 0 Å². The lowest BCUT2D eigenvalue weighted by Gasteiger charge is -2.20. The van der Waals surface area contributed by atoms with Crippen molar-refractivity contribution in [3.8, 4) is 17.6 Å². The second kappa shape index (κ2) is 5.55. The molecule has 1 atom stereocenters. The quantitative estimate of drug-likeness (QED) is 0.784. The lowest BCUT2D eigenvalue weighted by Crippen LogP contribution is -2.27. The summed E-state index contributed by atoms with van der Waals surface area (Å²) < 4.78 is 15.6. The minimum Gasteiger partial charge on any atom is -0.493 e. The summed E-state index contributed by atoms with van der Waals surface area (Å²) in [5.41, 5.74) is 0.146. The van der Waals surface area contributed by atoms with E-state index in [9.17, 15) is 0 Å². The summed E-state index contributed by atoms with van der Waals surface area (Å²) in [6.45, 7) is 1.75. The minimum atomic E-state index is -0.820. The molecule has 0 aliphatic carbocycles. The molecule has 0 heterocycles. The summed E-state index contributed by atoms with van der Waals surface area (Å²) in [6.07, 6.45) is 0.500. The highest BCUT2D eigenvalue weighted by molar-refractivity contribution is 5.43. The van der Waals surface area contributed by atoms with Gasteiger partial charge in [0.15, 0.2) is 17.1 Å². The topological polar surface area (TPSA) is 51.5 Å². The van der Waals surface area contributed by atoms with Crippen molar-refractivity contribution in [1.29, 1.82) is 5.26 Å². The molecular weight excluding hydrogens is 218 g/mol. The number of nitriles is 1. The van der Waals surface area contributed by atoms with Crippen LogP contribution in [0.4, 0.5) is 0 Å². The van der Waals surface area contributed by atoms with Crippen LogP contribution in [0.5, 0.6) is 11.5 Å². The van der Waals surface area contributed by atoms with E-state index in [2.05, 4.69) is 6.07 Å². The van der Waals surface area contributed by atoms with Crippen LogP contribution < -0.4 is 9.47 Å². The smallest absolute Gasteiger partial charge is 0.160 e. The van der Waals surface area contributed by atoms with Gasteiger partial charge in [-0.1, -0.05) is 6.07 Å². The maximum absolute atomic E-state index is 9.04. The first kappa shape index (κ1) is 13.3. The van der Waals surface area contributed by atoms with Gasteiger partial charge < -0.3 is 14.2 Å². The first-order valence-electron chi connectivity index (χ1n) is 5.26. The third-order valence-corrected chi connectivity index (χ3v) is 2.68. The van der Waals surface area contributed by atoms with E-state index in [1.807, 2.05) is 18.2 Å². The molecule has 0 amide bonds. The molecule has 0 saturated heterocycles. The van der Waals surface area contributed by atoms with Gasteiger partial charge in [-0.25, -0.2) is 0 Å². The van der Waals surface area contributed by atoms with Crippen LogP contribution in [-0.2, 0) is 11.2 Å². The molecule has 0 aliphatic heterocycles. The summed E-state index contributed by atoms with van der Waals surface area (Å²) in [6, 6.07) is 7.72. The summed E-state index contributed by atoms with van der Waals surface area (Å²) >= 11 is 0. The third kappa shape index (κ3) is 3.11. The van der Waals surface area contributed by atoms with E-state index < -0.39 is 5.60 Å². The molecule has 0 aromatic heterocycles. The van der Waals surface area contributed by atoms with Crippen molar-refractivity contribution in [2.45, 2.75) is 18.9 Å². The van der Waals surface area contributed by atoms with Crippen LogP contribution in [0, 0.1) is 11.3 Å². The lowest BCUT2D eigenvalue weighted by atomic mass is 9.97. The maximum Gasteiger partial charge on any atom is 0.160 e. The Balaban J connectivity index is 2.98. The normalized spacial score (nSPS) is 13.6. The molecule has 0 aliphatic rings. The highest BCUT2D eigenvalue weighted by atomic mass is 16.5. The second-order valence-corrected chi connectivity index (χ2v) is 3.91. The van der Waals surface area contributed by atoms with Crippen LogP contribution in [0.3, 0.4) is 0 Å². The molecule has 92 valence electrons. The van der Waals surface area contributed by atoms with Crippen LogP contribution in [-0.4, -0.2) is 26.9 Å².